The van der Waals surface area contributed by atoms with E-state index in [0.717, 1.165) is 25.8 Å². The van der Waals surface area contributed by atoms with Crippen LogP contribution in [0.4, 0.5) is 0 Å². The second-order valence-electron chi connectivity index (χ2n) is 5.58. The van der Waals surface area contributed by atoms with Crippen LogP contribution in [0.5, 0.6) is 0 Å². The third kappa shape index (κ3) is 8.55. The standard InChI is InChI=1S/C15H27N3O3.2ClH/c1-4-6-14(17-10(3)19)16-8-7-12-11(5-2)9-13(18-12)15(20)21;;/h5,11-14,16,18H,2,4,6-9H2,1,3H3,(H,17,19)(H,20,21);2*1H/t11-,12-,13-,14?;;/m1../s1. The Morgan fingerprint density at radius 2 is 2.09 bits per heavy atom. The summed E-state index contributed by atoms with van der Waals surface area (Å²) in [5.74, 6) is -0.674. The minimum absolute atomic E-state index is 0. The number of nitrogens with one attached hydrogen (secondary N) is 3. The number of carboxylic acids is 1. The Balaban J connectivity index is 0. The van der Waals surface area contributed by atoms with E-state index in [2.05, 4.69) is 29.5 Å². The average Bonchev–Trinajstić information content (AvgIpc) is 2.81. The number of rotatable bonds is 9. The molecule has 1 aliphatic rings. The molecular weight excluding hydrogens is 341 g/mol. The lowest BCUT2D eigenvalue weighted by atomic mass is 9.97. The zero-order valence-corrected chi connectivity index (χ0v) is 15.3. The van der Waals surface area contributed by atoms with E-state index in [1.54, 1.807) is 0 Å². The number of carbonyl (C=O) groups is 2. The van der Waals surface area contributed by atoms with Crippen molar-refractivity contribution < 1.29 is 14.7 Å². The van der Waals surface area contributed by atoms with Gasteiger partial charge in [0.05, 0.1) is 6.17 Å². The van der Waals surface area contributed by atoms with Crippen LogP contribution in [0.25, 0.3) is 0 Å². The minimum atomic E-state index is -0.806. The molecule has 6 nitrogen and oxygen atoms in total. The van der Waals surface area contributed by atoms with Crippen molar-refractivity contribution in [2.45, 2.75) is 57.8 Å². The van der Waals surface area contributed by atoms with Crippen molar-refractivity contribution in [3.63, 3.8) is 0 Å². The Morgan fingerprint density at radius 3 is 2.57 bits per heavy atom. The molecule has 0 aromatic rings. The summed E-state index contributed by atoms with van der Waals surface area (Å²) in [5, 5.41) is 18.4. The van der Waals surface area contributed by atoms with Crippen molar-refractivity contribution in [1.29, 1.82) is 0 Å². The van der Waals surface area contributed by atoms with E-state index < -0.39 is 12.0 Å². The maximum atomic E-state index is 11.1. The van der Waals surface area contributed by atoms with Gasteiger partial charge in [-0.25, -0.2) is 0 Å². The van der Waals surface area contributed by atoms with Gasteiger partial charge in [-0.1, -0.05) is 19.4 Å². The summed E-state index contributed by atoms with van der Waals surface area (Å²) in [5.41, 5.74) is 0. The lowest BCUT2D eigenvalue weighted by molar-refractivity contribution is -0.139. The van der Waals surface area contributed by atoms with Gasteiger partial charge in [-0.3, -0.25) is 14.9 Å². The van der Waals surface area contributed by atoms with Gasteiger partial charge in [-0.15, -0.1) is 31.4 Å². The highest BCUT2D eigenvalue weighted by Crippen LogP contribution is 2.23. The molecule has 8 heteroatoms. The number of carbonyl (C=O) groups excluding carboxylic acids is 1. The van der Waals surface area contributed by atoms with E-state index in [9.17, 15) is 9.59 Å². The maximum Gasteiger partial charge on any atom is 0.320 e. The smallest absolute Gasteiger partial charge is 0.320 e. The summed E-state index contributed by atoms with van der Waals surface area (Å²) < 4.78 is 0. The van der Waals surface area contributed by atoms with Gasteiger partial charge in [0.1, 0.15) is 6.04 Å². The van der Waals surface area contributed by atoms with Gasteiger partial charge in [-0.2, -0.15) is 0 Å². The summed E-state index contributed by atoms with van der Waals surface area (Å²) in [7, 11) is 0. The number of hydrogen-bond acceptors (Lipinski definition) is 4. The Hall–Kier alpha value is -0.820. The van der Waals surface area contributed by atoms with Gasteiger partial charge in [0.2, 0.25) is 5.91 Å². The molecule has 1 heterocycles. The van der Waals surface area contributed by atoms with Gasteiger partial charge in [0.25, 0.3) is 0 Å². The third-order valence-electron chi connectivity index (χ3n) is 3.84. The van der Waals surface area contributed by atoms with E-state index >= 15 is 0 Å². The number of aliphatic carboxylic acids is 1. The van der Waals surface area contributed by atoms with Crippen LogP contribution in [0.2, 0.25) is 0 Å². The van der Waals surface area contributed by atoms with E-state index in [1.807, 2.05) is 6.08 Å². The molecule has 136 valence electrons. The number of carboxylic acid groups (broad SMARTS) is 1. The summed E-state index contributed by atoms with van der Waals surface area (Å²) >= 11 is 0. The topological polar surface area (TPSA) is 90.5 Å². The predicted octanol–water partition coefficient (Wildman–Crippen LogP) is 1.69. The normalized spacial score (nSPS) is 24.0. The second-order valence-corrected chi connectivity index (χ2v) is 5.58. The third-order valence-corrected chi connectivity index (χ3v) is 3.84. The molecular formula is C15H29Cl2N3O3. The van der Waals surface area contributed by atoms with Crippen LogP contribution in [0.1, 0.15) is 39.5 Å². The predicted molar refractivity (Wildman–Crippen MR) is 96.3 cm³/mol. The van der Waals surface area contributed by atoms with Crippen molar-refractivity contribution in [2.75, 3.05) is 6.54 Å². The zero-order valence-electron chi connectivity index (χ0n) is 13.7. The molecule has 0 spiro atoms. The minimum Gasteiger partial charge on any atom is -0.480 e. The van der Waals surface area contributed by atoms with Crippen LogP contribution < -0.4 is 16.0 Å². The molecule has 0 bridgehead atoms. The van der Waals surface area contributed by atoms with E-state index in [1.165, 1.54) is 6.92 Å². The van der Waals surface area contributed by atoms with Gasteiger partial charge in [-0.05, 0) is 31.7 Å². The molecule has 0 aliphatic carbocycles. The van der Waals surface area contributed by atoms with Crippen LogP contribution in [0.15, 0.2) is 12.7 Å². The van der Waals surface area contributed by atoms with Crippen LogP contribution in [0, 0.1) is 5.92 Å². The summed E-state index contributed by atoms with van der Waals surface area (Å²) in [6.07, 6.45) is 5.06. The maximum absolute atomic E-state index is 11.1. The largest absolute Gasteiger partial charge is 0.480 e. The van der Waals surface area contributed by atoms with Gasteiger partial charge >= 0.3 is 5.97 Å². The van der Waals surface area contributed by atoms with Gasteiger partial charge in [0, 0.05) is 13.0 Å². The summed E-state index contributed by atoms with van der Waals surface area (Å²) in [6.45, 7) is 8.09. The molecule has 0 aromatic carbocycles. The van der Waals surface area contributed by atoms with Gasteiger partial charge in [0.15, 0.2) is 0 Å². The molecule has 1 aliphatic heterocycles. The monoisotopic (exact) mass is 369 g/mol. The number of halogens is 2. The van der Waals surface area contributed by atoms with Crippen molar-refractivity contribution in [1.82, 2.24) is 16.0 Å². The van der Waals surface area contributed by atoms with Crippen LogP contribution in [-0.2, 0) is 9.59 Å². The quantitative estimate of drug-likeness (QED) is 0.366. The molecule has 23 heavy (non-hydrogen) atoms. The Labute approximate surface area is 150 Å². The molecule has 4 N–H and O–H groups in total. The van der Waals surface area contributed by atoms with E-state index in [4.69, 9.17) is 5.11 Å². The Bertz CT molecular complexity index is 383. The molecule has 4 atom stereocenters. The number of hydrogen-bond donors (Lipinski definition) is 4. The Morgan fingerprint density at radius 1 is 1.43 bits per heavy atom. The molecule has 0 aromatic heterocycles. The van der Waals surface area contributed by atoms with E-state index in [-0.39, 0.29) is 48.8 Å². The Kier molecular flexibility index (Phi) is 13.4. The van der Waals surface area contributed by atoms with Crippen LogP contribution in [-0.4, -0.2) is 41.8 Å². The fourth-order valence-corrected chi connectivity index (χ4v) is 2.79. The van der Waals surface area contributed by atoms with Crippen LogP contribution >= 0.6 is 24.8 Å². The zero-order chi connectivity index (χ0) is 15.8. The number of amides is 1. The SMILES string of the molecule is C=C[C@@H]1C[C@H](C(=O)O)N[C@@H]1CCNC(CCC)NC(C)=O.Cl.Cl. The summed E-state index contributed by atoms with van der Waals surface area (Å²) in [4.78, 5) is 22.2. The first-order valence-electron chi connectivity index (χ1n) is 7.59. The first kappa shape index (κ1) is 24.4. The fourth-order valence-electron chi connectivity index (χ4n) is 2.79. The molecule has 0 saturated carbocycles. The van der Waals surface area contributed by atoms with Crippen LogP contribution in [0.3, 0.4) is 0 Å². The lowest BCUT2D eigenvalue weighted by Crippen LogP contribution is -2.46. The molecule has 1 saturated heterocycles. The highest BCUT2D eigenvalue weighted by Gasteiger charge is 2.35. The van der Waals surface area contributed by atoms with Crippen molar-refractivity contribution in [3.8, 4) is 0 Å². The van der Waals surface area contributed by atoms with E-state index in [0.29, 0.717) is 6.42 Å². The second kappa shape index (κ2) is 12.6. The highest BCUT2D eigenvalue weighted by molar-refractivity contribution is 5.85. The molecule has 1 fully saturated rings. The van der Waals surface area contributed by atoms with Crippen molar-refractivity contribution in [2.24, 2.45) is 5.92 Å². The van der Waals surface area contributed by atoms with Gasteiger partial charge < -0.3 is 15.7 Å². The first-order valence-corrected chi connectivity index (χ1v) is 7.59. The summed E-state index contributed by atoms with van der Waals surface area (Å²) in [6, 6.07) is -0.365. The lowest BCUT2D eigenvalue weighted by Gasteiger charge is -2.21. The molecule has 0 radical (unpaired) electrons. The molecule has 1 unspecified atom stereocenters. The molecule has 1 rings (SSSR count). The average molecular weight is 370 g/mol. The highest BCUT2D eigenvalue weighted by atomic mass is 35.5. The first-order chi connectivity index (χ1) is 9.97. The molecule has 1 amide bonds. The fraction of sp³-hybridized carbons (Fsp3) is 0.733. The van der Waals surface area contributed by atoms with Crippen molar-refractivity contribution in [3.05, 3.63) is 12.7 Å². The van der Waals surface area contributed by atoms with Crippen molar-refractivity contribution >= 4 is 36.7 Å².